The van der Waals surface area contributed by atoms with Gasteiger partial charge in [0.2, 0.25) is 0 Å². The van der Waals surface area contributed by atoms with Crippen LogP contribution in [-0.4, -0.2) is 11.0 Å². The molecule has 41 heavy (non-hydrogen) atoms. The highest BCUT2D eigenvalue weighted by atomic mass is 15.0. The number of fused-ring (bicyclic) bond motifs is 12. The van der Waals surface area contributed by atoms with Crippen molar-refractivity contribution in [1.82, 2.24) is 4.98 Å². The van der Waals surface area contributed by atoms with Crippen molar-refractivity contribution in [1.29, 1.82) is 0 Å². The van der Waals surface area contributed by atoms with E-state index in [1.807, 2.05) is 0 Å². The summed E-state index contributed by atoms with van der Waals surface area (Å²) < 4.78 is 0. The molecule has 4 bridgehead atoms. The summed E-state index contributed by atoms with van der Waals surface area (Å²) in [5, 5.41) is 18.3. The number of hydrogen-bond acceptors (Lipinski definition) is 2. The zero-order chi connectivity index (χ0) is 26.7. The molecule has 4 aliphatic carbocycles. The fraction of sp³-hybridized carbons (Fsp3) is 0.256. The first-order valence-corrected chi connectivity index (χ1v) is 15.5. The fourth-order valence-electron chi connectivity index (χ4n) is 9.62. The van der Waals surface area contributed by atoms with Gasteiger partial charge in [-0.25, -0.2) is 4.98 Å². The van der Waals surface area contributed by atoms with Crippen LogP contribution in [0.2, 0.25) is 0 Å². The van der Waals surface area contributed by atoms with Crippen LogP contribution in [0, 0.1) is 23.7 Å². The van der Waals surface area contributed by atoms with E-state index < -0.39 is 0 Å². The van der Waals surface area contributed by atoms with E-state index in [1.54, 1.807) is 0 Å². The van der Waals surface area contributed by atoms with E-state index in [2.05, 4.69) is 102 Å². The number of anilines is 1. The number of rotatable bonds is 2. The molecule has 0 radical (unpaired) electrons. The van der Waals surface area contributed by atoms with Gasteiger partial charge in [0, 0.05) is 22.2 Å². The van der Waals surface area contributed by atoms with Gasteiger partial charge in [0.25, 0.3) is 0 Å². The Morgan fingerprint density at radius 3 is 1.66 bits per heavy atom. The van der Waals surface area contributed by atoms with E-state index in [-0.39, 0.29) is 0 Å². The molecular formula is C39H32N2. The summed E-state index contributed by atoms with van der Waals surface area (Å²) in [4.78, 5) is 5.44. The highest BCUT2D eigenvalue weighted by Crippen LogP contribution is 2.54. The third-order valence-electron chi connectivity index (χ3n) is 11.1. The summed E-state index contributed by atoms with van der Waals surface area (Å²) in [7, 11) is 0. The van der Waals surface area contributed by atoms with Gasteiger partial charge in [-0.3, -0.25) is 0 Å². The second-order valence-corrected chi connectivity index (χ2v) is 13.3. The first-order chi connectivity index (χ1) is 20.3. The Balaban J connectivity index is 1.27. The highest BCUT2D eigenvalue weighted by molar-refractivity contribution is 6.37. The van der Waals surface area contributed by atoms with Crippen LogP contribution in [-0.2, 0) is 0 Å². The normalized spacial score (nSPS) is 25.3. The fourth-order valence-corrected chi connectivity index (χ4v) is 9.62. The summed E-state index contributed by atoms with van der Waals surface area (Å²) in [6, 6.07) is 36.7. The Hall–Kier alpha value is -4.17. The van der Waals surface area contributed by atoms with E-state index in [4.69, 9.17) is 4.98 Å². The van der Waals surface area contributed by atoms with Gasteiger partial charge in [-0.2, -0.15) is 0 Å². The molecule has 0 saturated heterocycles. The molecular weight excluding hydrogens is 496 g/mol. The molecule has 0 aliphatic heterocycles. The predicted molar refractivity (Wildman–Crippen MR) is 174 cm³/mol. The molecule has 2 nitrogen and oxygen atoms in total. The number of nitrogens with zero attached hydrogens (tertiary/aromatic N) is 1. The maximum atomic E-state index is 5.44. The van der Waals surface area contributed by atoms with Gasteiger partial charge in [-0.05, 0) is 111 Å². The van der Waals surface area contributed by atoms with Crippen LogP contribution in [0.1, 0.15) is 32.1 Å². The summed E-state index contributed by atoms with van der Waals surface area (Å²) in [6.07, 6.45) is 7.15. The number of hydrogen-bond donors (Lipinski definition) is 1. The van der Waals surface area contributed by atoms with Crippen LogP contribution in [0.15, 0.2) is 97.1 Å². The lowest BCUT2D eigenvalue weighted by Gasteiger charge is -2.54. The minimum Gasteiger partial charge on any atom is -0.367 e. The topological polar surface area (TPSA) is 24.9 Å². The van der Waals surface area contributed by atoms with Gasteiger partial charge in [0.05, 0.1) is 5.52 Å². The number of benzene rings is 6. The molecule has 4 saturated carbocycles. The van der Waals surface area contributed by atoms with Crippen LogP contribution in [0.3, 0.4) is 0 Å². The maximum absolute atomic E-state index is 5.44. The van der Waals surface area contributed by atoms with Gasteiger partial charge >= 0.3 is 0 Å². The summed E-state index contributed by atoms with van der Waals surface area (Å²) in [5.74, 6) is 4.65. The Morgan fingerprint density at radius 2 is 0.976 bits per heavy atom. The average Bonchev–Trinajstić information content (AvgIpc) is 3.01. The molecule has 4 aliphatic rings. The third kappa shape index (κ3) is 3.16. The molecule has 0 unspecified atom stereocenters. The van der Waals surface area contributed by atoms with Gasteiger partial charge in [0.15, 0.2) is 0 Å². The van der Waals surface area contributed by atoms with Crippen molar-refractivity contribution in [2.45, 2.75) is 38.1 Å². The molecule has 0 atom stereocenters. The van der Waals surface area contributed by atoms with Gasteiger partial charge in [0.1, 0.15) is 5.82 Å². The van der Waals surface area contributed by atoms with E-state index in [9.17, 15) is 0 Å². The number of pyridine rings is 1. The Kier molecular flexibility index (Phi) is 4.50. The van der Waals surface area contributed by atoms with Gasteiger partial charge < -0.3 is 5.32 Å². The van der Waals surface area contributed by atoms with E-state index >= 15 is 0 Å². The second kappa shape index (κ2) is 8.19. The van der Waals surface area contributed by atoms with Crippen molar-refractivity contribution < 1.29 is 0 Å². The lowest BCUT2D eigenvalue weighted by molar-refractivity contribution is 0.00742. The lowest BCUT2D eigenvalue weighted by Crippen LogP contribution is -2.51. The molecule has 198 valence electrons. The highest BCUT2D eigenvalue weighted by Gasteiger charge is 2.48. The molecule has 4 fully saturated rings. The molecule has 1 aromatic heterocycles. The number of nitrogens with one attached hydrogen (secondary N) is 1. The molecule has 0 amide bonds. The van der Waals surface area contributed by atoms with Crippen molar-refractivity contribution in [2.24, 2.45) is 23.7 Å². The SMILES string of the molecule is c1ccc2c(c1)c1ccccc1c1c2ccc2ccc3ccc4ccc(NC5C6CC7CC(C6)CC5C7)nc4c3c21. The summed E-state index contributed by atoms with van der Waals surface area (Å²) >= 11 is 0. The smallest absolute Gasteiger partial charge is 0.126 e. The zero-order valence-electron chi connectivity index (χ0n) is 23.1. The van der Waals surface area contributed by atoms with Crippen LogP contribution in [0.25, 0.3) is 64.8 Å². The van der Waals surface area contributed by atoms with E-state index in [0.29, 0.717) is 6.04 Å². The summed E-state index contributed by atoms with van der Waals surface area (Å²) in [6.45, 7) is 0. The maximum Gasteiger partial charge on any atom is 0.126 e. The first kappa shape index (κ1) is 22.5. The van der Waals surface area contributed by atoms with Crippen LogP contribution in [0.5, 0.6) is 0 Å². The van der Waals surface area contributed by atoms with Crippen LogP contribution >= 0.6 is 0 Å². The Labute approximate surface area is 239 Å². The lowest BCUT2D eigenvalue weighted by atomic mass is 9.54. The Morgan fingerprint density at radius 1 is 0.463 bits per heavy atom. The monoisotopic (exact) mass is 528 g/mol. The molecule has 11 rings (SSSR count). The standard InChI is InChI=1S/C39H32N2/c1-2-7-31-29(5-1)30-6-3-4-8-32(30)37-33(31)15-13-24-9-10-25-11-12-26-14-16-34(41-39(26)36(25)35(24)37)40-38-27-18-22-17-23(20-27)21-28(38)19-22/h1-16,22-23,27-28,38H,17-21H2,(H,40,41). The predicted octanol–water partition coefficient (Wildman–Crippen LogP) is 10.2. The minimum absolute atomic E-state index is 0.579. The van der Waals surface area contributed by atoms with E-state index in [0.717, 1.165) is 35.0 Å². The second-order valence-electron chi connectivity index (χ2n) is 13.3. The quantitative estimate of drug-likeness (QED) is 0.226. The third-order valence-corrected chi connectivity index (χ3v) is 11.1. The molecule has 1 N–H and O–H groups in total. The van der Waals surface area contributed by atoms with Crippen molar-refractivity contribution in [3.05, 3.63) is 97.1 Å². The van der Waals surface area contributed by atoms with Gasteiger partial charge in [-0.15, -0.1) is 0 Å². The zero-order valence-corrected chi connectivity index (χ0v) is 23.1. The molecule has 0 spiro atoms. The van der Waals surface area contributed by atoms with Crippen molar-refractivity contribution in [3.63, 3.8) is 0 Å². The number of aromatic nitrogens is 1. The van der Waals surface area contributed by atoms with Crippen LogP contribution in [0.4, 0.5) is 5.82 Å². The van der Waals surface area contributed by atoms with Crippen molar-refractivity contribution >= 4 is 70.6 Å². The molecule has 6 aromatic carbocycles. The first-order valence-electron chi connectivity index (χ1n) is 15.5. The summed E-state index contributed by atoms with van der Waals surface area (Å²) in [5.41, 5.74) is 1.12. The van der Waals surface area contributed by atoms with Crippen molar-refractivity contribution in [2.75, 3.05) is 5.32 Å². The van der Waals surface area contributed by atoms with Gasteiger partial charge in [-0.1, -0.05) is 84.9 Å². The molecule has 2 heteroatoms. The molecule has 7 aromatic rings. The Bertz CT molecular complexity index is 2140. The minimum atomic E-state index is 0.579. The van der Waals surface area contributed by atoms with E-state index in [1.165, 1.54) is 91.4 Å². The van der Waals surface area contributed by atoms with Crippen molar-refractivity contribution in [3.8, 4) is 0 Å². The average molecular weight is 529 g/mol. The largest absolute Gasteiger partial charge is 0.367 e. The molecule has 1 heterocycles. The van der Waals surface area contributed by atoms with Crippen LogP contribution < -0.4 is 5.32 Å².